The Morgan fingerprint density at radius 2 is 1.90 bits per heavy atom. The number of hydrogen-bond acceptors (Lipinski definition) is 2. The highest BCUT2D eigenvalue weighted by molar-refractivity contribution is 5.47. The lowest BCUT2D eigenvalue weighted by Crippen LogP contribution is -2.44. The minimum absolute atomic E-state index is 0.0120. The van der Waals surface area contributed by atoms with Gasteiger partial charge in [-0.3, -0.25) is 0 Å². The second-order valence-electron chi connectivity index (χ2n) is 7.04. The zero-order valence-corrected chi connectivity index (χ0v) is 14.5. The molecule has 1 aromatic carbocycles. The Bertz CT molecular complexity index is 489. The fourth-order valence-corrected chi connectivity index (χ4v) is 3.45. The number of fused-ring (bicyclic) bond motifs is 1. The van der Waals surface area contributed by atoms with Gasteiger partial charge >= 0.3 is 0 Å². The Morgan fingerprint density at radius 1 is 1.24 bits per heavy atom. The van der Waals surface area contributed by atoms with Gasteiger partial charge in [-0.25, -0.2) is 0 Å². The van der Waals surface area contributed by atoms with Gasteiger partial charge in [0.1, 0.15) is 11.4 Å². The number of hydrogen-bond donors (Lipinski definition) is 1. The van der Waals surface area contributed by atoms with E-state index < -0.39 is 0 Å². The van der Waals surface area contributed by atoms with E-state index in [9.17, 15) is 0 Å². The Kier molecular flexibility index (Phi) is 4.98. The number of rotatable bonds is 5. The Hall–Kier alpha value is -1.02. The summed E-state index contributed by atoms with van der Waals surface area (Å²) in [6, 6.07) is 4.90. The highest BCUT2D eigenvalue weighted by Crippen LogP contribution is 2.44. The maximum Gasteiger partial charge on any atom is 0.125 e. The van der Waals surface area contributed by atoms with E-state index in [2.05, 4.69) is 59.0 Å². The third kappa shape index (κ3) is 3.42. The summed E-state index contributed by atoms with van der Waals surface area (Å²) in [4.78, 5) is 0. The van der Waals surface area contributed by atoms with Crippen LogP contribution in [0.1, 0.15) is 69.7 Å². The molecule has 1 aliphatic heterocycles. The average molecular weight is 289 g/mol. The molecule has 118 valence electrons. The van der Waals surface area contributed by atoms with E-state index in [1.54, 1.807) is 0 Å². The van der Waals surface area contributed by atoms with Gasteiger partial charge in [-0.2, -0.15) is 0 Å². The molecule has 1 heterocycles. The fourth-order valence-electron chi connectivity index (χ4n) is 3.45. The summed E-state index contributed by atoms with van der Waals surface area (Å²) in [5.41, 5.74) is 4.00. The van der Waals surface area contributed by atoms with Gasteiger partial charge < -0.3 is 10.1 Å². The Balaban J connectivity index is 2.40. The maximum absolute atomic E-state index is 6.48. The van der Waals surface area contributed by atoms with Crippen LogP contribution in [0.15, 0.2) is 12.1 Å². The first kappa shape index (κ1) is 16.4. The molecule has 2 rings (SSSR count). The summed E-state index contributed by atoms with van der Waals surface area (Å²) in [5.74, 6) is 1.77. The molecule has 1 atom stereocenters. The molecule has 0 bridgehead atoms. The van der Waals surface area contributed by atoms with Gasteiger partial charge in [-0.05, 0) is 56.3 Å². The van der Waals surface area contributed by atoms with Crippen molar-refractivity contribution in [3.8, 4) is 5.75 Å². The third-order valence-electron chi connectivity index (χ3n) is 4.81. The van der Waals surface area contributed by atoms with Crippen LogP contribution in [0.3, 0.4) is 0 Å². The lowest BCUT2D eigenvalue weighted by Gasteiger charge is -2.43. The largest absolute Gasteiger partial charge is 0.487 e. The van der Waals surface area contributed by atoms with Crippen molar-refractivity contribution >= 4 is 0 Å². The van der Waals surface area contributed by atoms with E-state index >= 15 is 0 Å². The first-order valence-corrected chi connectivity index (χ1v) is 8.44. The van der Waals surface area contributed by atoms with Crippen LogP contribution in [0.25, 0.3) is 0 Å². The van der Waals surface area contributed by atoms with E-state index in [0.29, 0.717) is 12.0 Å². The SMILES string of the molecule is CCC1(CC)CC(NCC(C)C)c2c(C)cc(C)cc2O1. The molecular weight excluding hydrogens is 258 g/mol. The summed E-state index contributed by atoms with van der Waals surface area (Å²) in [6.07, 6.45) is 3.20. The van der Waals surface area contributed by atoms with Crippen molar-refractivity contribution in [2.24, 2.45) is 5.92 Å². The molecule has 0 spiro atoms. The normalized spacial score (nSPS) is 20.2. The molecular formula is C19H31NO. The second-order valence-corrected chi connectivity index (χ2v) is 7.04. The van der Waals surface area contributed by atoms with E-state index in [0.717, 1.165) is 31.6 Å². The quantitative estimate of drug-likeness (QED) is 0.829. The van der Waals surface area contributed by atoms with Crippen molar-refractivity contribution < 1.29 is 4.74 Å². The highest BCUT2D eigenvalue weighted by Gasteiger charge is 2.39. The molecule has 0 fully saturated rings. The molecule has 1 unspecified atom stereocenters. The van der Waals surface area contributed by atoms with Gasteiger partial charge in [-0.15, -0.1) is 0 Å². The van der Waals surface area contributed by atoms with Gasteiger partial charge in [0, 0.05) is 18.0 Å². The molecule has 1 aromatic rings. The van der Waals surface area contributed by atoms with Crippen molar-refractivity contribution in [1.29, 1.82) is 0 Å². The molecule has 0 aromatic heterocycles. The molecule has 0 amide bonds. The fraction of sp³-hybridized carbons (Fsp3) is 0.684. The summed E-state index contributed by atoms with van der Waals surface area (Å²) in [6.45, 7) is 14.4. The van der Waals surface area contributed by atoms with Crippen LogP contribution in [0.4, 0.5) is 0 Å². The molecule has 21 heavy (non-hydrogen) atoms. The average Bonchev–Trinajstić information content (AvgIpc) is 2.43. The van der Waals surface area contributed by atoms with Crippen molar-refractivity contribution in [3.63, 3.8) is 0 Å². The van der Waals surface area contributed by atoms with Gasteiger partial charge in [0.2, 0.25) is 0 Å². The van der Waals surface area contributed by atoms with Crippen molar-refractivity contribution in [2.45, 2.75) is 72.4 Å². The van der Waals surface area contributed by atoms with Crippen molar-refractivity contribution in [3.05, 3.63) is 28.8 Å². The van der Waals surface area contributed by atoms with Crippen LogP contribution in [0, 0.1) is 19.8 Å². The molecule has 1 N–H and O–H groups in total. The third-order valence-corrected chi connectivity index (χ3v) is 4.81. The van der Waals surface area contributed by atoms with Crippen molar-refractivity contribution in [2.75, 3.05) is 6.54 Å². The van der Waals surface area contributed by atoms with Crippen LogP contribution >= 0.6 is 0 Å². The smallest absolute Gasteiger partial charge is 0.125 e. The topological polar surface area (TPSA) is 21.3 Å². The van der Waals surface area contributed by atoms with Gasteiger partial charge in [0.25, 0.3) is 0 Å². The minimum Gasteiger partial charge on any atom is -0.487 e. The number of aryl methyl sites for hydroxylation is 2. The summed E-state index contributed by atoms with van der Waals surface area (Å²) < 4.78 is 6.48. The van der Waals surface area contributed by atoms with E-state index in [1.807, 2.05) is 0 Å². The molecule has 0 aliphatic carbocycles. The molecule has 0 saturated carbocycles. The summed E-state index contributed by atoms with van der Waals surface area (Å²) in [5, 5.41) is 3.78. The number of benzene rings is 1. The molecule has 0 saturated heterocycles. The standard InChI is InChI=1S/C19H31NO/c1-7-19(8-2)11-16(20-12-13(3)4)18-15(6)9-14(5)10-17(18)21-19/h9-10,13,16,20H,7-8,11-12H2,1-6H3. The van der Waals surface area contributed by atoms with Crippen LogP contribution in [-0.4, -0.2) is 12.1 Å². The number of ether oxygens (including phenoxy) is 1. The predicted octanol–water partition coefficient (Wildman–Crippen LogP) is 4.93. The maximum atomic E-state index is 6.48. The zero-order valence-electron chi connectivity index (χ0n) is 14.5. The van der Waals surface area contributed by atoms with Gasteiger partial charge in [-0.1, -0.05) is 33.8 Å². The minimum atomic E-state index is -0.0120. The van der Waals surface area contributed by atoms with Crippen molar-refractivity contribution in [1.82, 2.24) is 5.32 Å². The van der Waals surface area contributed by atoms with E-state index in [1.165, 1.54) is 16.7 Å². The van der Waals surface area contributed by atoms with Crippen LogP contribution < -0.4 is 10.1 Å². The summed E-state index contributed by atoms with van der Waals surface area (Å²) >= 11 is 0. The predicted molar refractivity (Wildman–Crippen MR) is 90.1 cm³/mol. The van der Waals surface area contributed by atoms with Crippen LogP contribution in [0.2, 0.25) is 0 Å². The molecule has 2 heteroatoms. The lowest BCUT2D eigenvalue weighted by atomic mass is 9.81. The second kappa shape index (κ2) is 6.39. The number of nitrogens with one attached hydrogen (secondary N) is 1. The molecule has 0 radical (unpaired) electrons. The zero-order chi connectivity index (χ0) is 15.6. The molecule has 1 aliphatic rings. The van der Waals surface area contributed by atoms with Crippen LogP contribution in [-0.2, 0) is 0 Å². The van der Waals surface area contributed by atoms with E-state index in [-0.39, 0.29) is 5.60 Å². The Labute approximate surface area is 130 Å². The first-order valence-electron chi connectivity index (χ1n) is 8.44. The lowest BCUT2D eigenvalue weighted by molar-refractivity contribution is 0.0221. The van der Waals surface area contributed by atoms with Gasteiger partial charge in [0.15, 0.2) is 0 Å². The van der Waals surface area contributed by atoms with E-state index in [4.69, 9.17) is 4.74 Å². The van der Waals surface area contributed by atoms with Crippen LogP contribution in [0.5, 0.6) is 5.75 Å². The monoisotopic (exact) mass is 289 g/mol. The van der Waals surface area contributed by atoms with Gasteiger partial charge in [0.05, 0.1) is 0 Å². The highest BCUT2D eigenvalue weighted by atomic mass is 16.5. The first-order chi connectivity index (χ1) is 9.90. The Morgan fingerprint density at radius 3 is 2.48 bits per heavy atom. The summed E-state index contributed by atoms with van der Waals surface area (Å²) in [7, 11) is 0. The molecule has 2 nitrogen and oxygen atoms in total.